The standard InChI is InChI=1S/C8H6BrF2NO2/c1-4-6(9)2-5(8(10)11)3-7(4)12(13)14/h2-3,8H,1H3. The second-order valence-corrected chi connectivity index (χ2v) is 3.56. The van der Waals surface area contributed by atoms with Crippen molar-refractivity contribution in [3.8, 4) is 0 Å². The van der Waals surface area contributed by atoms with Crippen LogP contribution in [0.3, 0.4) is 0 Å². The van der Waals surface area contributed by atoms with Gasteiger partial charge in [-0.25, -0.2) is 8.78 Å². The van der Waals surface area contributed by atoms with E-state index in [1.54, 1.807) is 0 Å². The fourth-order valence-electron chi connectivity index (χ4n) is 1.00. The van der Waals surface area contributed by atoms with Crippen LogP contribution < -0.4 is 0 Å². The highest BCUT2D eigenvalue weighted by atomic mass is 79.9. The van der Waals surface area contributed by atoms with E-state index in [2.05, 4.69) is 15.9 Å². The number of alkyl halides is 2. The number of halogens is 3. The number of hydrogen-bond donors (Lipinski definition) is 0. The molecule has 0 aliphatic rings. The van der Waals surface area contributed by atoms with Crippen molar-refractivity contribution in [3.63, 3.8) is 0 Å². The molecule has 0 radical (unpaired) electrons. The molecule has 6 heteroatoms. The molecule has 76 valence electrons. The molecule has 0 saturated carbocycles. The van der Waals surface area contributed by atoms with Crippen molar-refractivity contribution < 1.29 is 13.7 Å². The van der Waals surface area contributed by atoms with Crippen LogP contribution in [0.2, 0.25) is 0 Å². The van der Waals surface area contributed by atoms with Crippen LogP contribution in [0.1, 0.15) is 17.6 Å². The molecule has 1 rings (SSSR count). The Balaban J connectivity index is 3.35. The van der Waals surface area contributed by atoms with Gasteiger partial charge in [0.05, 0.1) is 4.92 Å². The first-order chi connectivity index (χ1) is 6.43. The van der Waals surface area contributed by atoms with Crippen molar-refractivity contribution in [2.75, 3.05) is 0 Å². The summed E-state index contributed by atoms with van der Waals surface area (Å²) in [6.45, 7) is 1.50. The molecule has 0 N–H and O–H groups in total. The summed E-state index contributed by atoms with van der Waals surface area (Å²) in [6.07, 6.45) is -2.70. The first-order valence-corrected chi connectivity index (χ1v) is 4.45. The monoisotopic (exact) mass is 265 g/mol. The molecule has 0 aliphatic heterocycles. The predicted molar refractivity (Wildman–Crippen MR) is 50.5 cm³/mol. The molecular formula is C8H6BrF2NO2. The zero-order valence-corrected chi connectivity index (χ0v) is 8.72. The fourth-order valence-corrected chi connectivity index (χ4v) is 1.47. The summed E-state index contributed by atoms with van der Waals surface area (Å²) in [4.78, 5) is 9.81. The van der Waals surface area contributed by atoms with Gasteiger partial charge in [0.1, 0.15) is 0 Å². The molecule has 0 heterocycles. The second-order valence-electron chi connectivity index (χ2n) is 2.70. The molecule has 0 amide bonds. The fraction of sp³-hybridized carbons (Fsp3) is 0.250. The largest absolute Gasteiger partial charge is 0.273 e. The molecule has 0 unspecified atom stereocenters. The van der Waals surface area contributed by atoms with Crippen LogP contribution in [0.4, 0.5) is 14.5 Å². The SMILES string of the molecule is Cc1c(Br)cc(C(F)F)cc1[N+](=O)[O-]. The van der Waals surface area contributed by atoms with E-state index in [1.165, 1.54) is 13.0 Å². The molecule has 1 aromatic rings. The minimum Gasteiger partial charge on any atom is -0.258 e. The van der Waals surface area contributed by atoms with Crippen molar-refractivity contribution in [2.24, 2.45) is 0 Å². The lowest BCUT2D eigenvalue weighted by Gasteiger charge is -2.04. The number of nitro benzene ring substituents is 1. The van der Waals surface area contributed by atoms with Gasteiger partial charge >= 0.3 is 0 Å². The number of rotatable bonds is 2. The van der Waals surface area contributed by atoms with E-state index < -0.39 is 11.3 Å². The maximum atomic E-state index is 12.3. The van der Waals surface area contributed by atoms with Gasteiger partial charge in [0.15, 0.2) is 0 Å². The summed E-state index contributed by atoms with van der Waals surface area (Å²) in [5.41, 5.74) is -0.303. The van der Waals surface area contributed by atoms with Gasteiger partial charge in [0, 0.05) is 21.7 Å². The predicted octanol–water partition coefficient (Wildman–Crippen LogP) is 3.60. The van der Waals surface area contributed by atoms with Crippen LogP contribution in [0, 0.1) is 17.0 Å². The number of nitrogens with zero attached hydrogens (tertiary/aromatic N) is 1. The van der Waals surface area contributed by atoms with E-state index >= 15 is 0 Å². The minimum absolute atomic E-state index is 0.297. The van der Waals surface area contributed by atoms with E-state index in [9.17, 15) is 18.9 Å². The summed E-state index contributed by atoms with van der Waals surface area (Å²) in [5.74, 6) is 0. The van der Waals surface area contributed by atoms with Crippen LogP contribution in [0.25, 0.3) is 0 Å². The maximum Gasteiger partial charge on any atom is 0.273 e. The van der Waals surface area contributed by atoms with Gasteiger partial charge in [-0.2, -0.15) is 0 Å². The van der Waals surface area contributed by atoms with Gasteiger partial charge in [0.2, 0.25) is 0 Å². The van der Waals surface area contributed by atoms with Gasteiger partial charge in [0.25, 0.3) is 12.1 Å². The summed E-state index contributed by atoms with van der Waals surface area (Å²) in [5, 5.41) is 10.5. The Bertz CT molecular complexity index is 382. The van der Waals surface area contributed by atoms with Gasteiger partial charge in [-0.15, -0.1) is 0 Å². The zero-order chi connectivity index (χ0) is 10.9. The average molecular weight is 266 g/mol. The third-order valence-corrected chi connectivity index (χ3v) is 2.61. The van der Waals surface area contributed by atoms with Crippen molar-refractivity contribution in [1.82, 2.24) is 0 Å². The van der Waals surface area contributed by atoms with Crippen molar-refractivity contribution in [2.45, 2.75) is 13.3 Å². The lowest BCUT2D eigenvalue weighted by molar-refractivity contribution is -0.385. The Morgan fingerprint density at radius 2 is 2.07 bits per heavy atom. The Morgan fingerprint density at radius 1 is 1.50 bits per heavy atom. The molecule has 0 fully saturated rings. The minimum atomic E-state index is -2.70. The number of nitro groups is 1. The Morgan fingerprint density at radius 3 is 2.50 bits per heavy atom. The van der Waals surface area contributed by atoms with Crippen LogP contribution in [0.5, 0.6) is 0 Å². The first kappa shape index (κ1) is 11.0. The smallest absolute Gasteiger partial charge is 0.258 e. The Hall–Kier alpha value is -1.04. The zero-order valence-electron chi connectivity index (χ0n) is 7.13. The molecule has 1 aromatic carbocycles. The van der Waals surface area contributed by atoms with E-state index in [0.29, 0.717) is 10.0 Å². The Kier molecular flexibility index (Phi) is 3.15. The first-order valence-electron chi connectivity index (χ1n) is 3.66. The quantitative estimate of drug-likeness (QED) is 0.606. The molecule has 0 aromatic heterocycles. The summed E-state index contributed by atoms with van der Waals surface area (Å²) in [6, 6.07) is 2.08. The third kappa shape index (κ3) is 2.06. The molecule has 0 saturated heterocycles. The molecule has 0 atom stereocenters. The highest BCUT2D eigenvalue weighted by molar-refractivity contribution is 9.10. The van der Waals surface area contributed by atoms with E-state index in [1.807, 2.05) is 0 Å². The normalized spacial score (nSPS) is 10.6. The van der Waals surface area contributed by atoms with E-state index in [0.717, 1.165) is 6.07 Å². The molecule has 14 heavy (non-hydrogen) atoms. The highest BCUT2D eigenvalue weighted by Gasteiger charge is 2.18. The highest BCUT2D eigenvalue weighted by Crippen LogP contribution is 2.31. The summed E-state index contributed by atoms with van der Waals surface area (Å²) >= 11 is 3.00. The molecule has 0 bridgehead atoms. The van der Waals surface area contributed by atoms with Gasteiger partial charge in [-0.05, 0) is 13.0 Å². The van der Waals surface area contributed by atoms with Crippen molar-refractivity contribution in [3.05, 3.63) is 37.8 Å². The van der Waals surface area contributed by atoms with Crippen LogP contribution in [-0.4, -0.2) is 4.92 Å². The number of hydrogen-bond acceptors (Lipinski definition) is 2. The number of benzene rings is 1. The van der Waals surface area contributed by atoms with Gasteiger partial charge in [-0.1, -0.05) is 15.9 Å². The summed E-state index contributed by atoms with van der Waals surface area (Å²) in [7, 11) is 0. The van der Waals surface area contributed by atoms with Crippen LogP contribution in [0.15, 0.2) is 16.6 Å². The van der Waals surface area contributed by atoms with E-state index in [-0.39, 0.29) is 11.3 Å². The van der Waals surface area contributed by atoms with Crippen LogP contribution in [-0.2, 0) is 0 Å². The summed E-state index contributed by atoms with van der Waals surface area (Å²) < 4.78 is 24.9. The lowest BCUT2D eigenvalue weighted by atomic mass is 10.1. The van der Waals surface area contributed by atoms with Gasteiger partial charge in [-0.3, -0.25) is 10.1 Å². The van der Waals surface area contributed by atoms with Crippen molar-refractivity contribution in [1.29, 1.82) is 0 Å². The lowest BCUT2D eigenvalue weighted by Crippen LogP contribution is -1.95. The maximum absolute atomic E-state index is 12.3. The molecule has 0 aliphatic carbocycles. The molecular weight excluding hydrogens is 260 g/mol. The molecule has 0 spiro atoms. The average Bonchev–Trinajstić information content (AvgIpc) is 2.08. The Labute approximate surface area is 87.0 Å². The molecule has 3 nitrogen and oxygen atoms in total. The topological polar surface area (TPSA) is 43.1 Å². The second kappa shape index (κ2) is 4.00. The van der Waals surface area contributed by atoms with E-state index in [4.69, 9.17) is 0 Å². The third-order valence-electron chi connectivity index (χ3n) is 1.79. The van der Waals surface area contributed by atoms with Crippen molar-refractivity contribution >= 4 is 21.6 Å². The van der Waals surface area contributed by atoms with Gasteiger partial charge < -0.3 is 0 Å². The van der Waals surface area contributed by atoms with Crippen LogP contribution >= 0.6 is 15.9 Å².